The molecule has 1 aromatic carbocycles. The summed E-state index contributed by atoms with van der Waals surface area (Å²) in [4.78, 5) is 44.1. The Balaban J connectivity index is 1.59. The fourth-order valence-corrected chi connectivity index (χ4v) is 3.11. The molecule has 9 heteroatoms. The third-order valence-corrected chi connectivity index (χ3v) is 4.64. The standard InChI is InChI=1S/C19H24N6O3/c1-23(2)17(27)12-24-13-20-19(22-24)21-18(28)15-9-6-10-25(15)16(26)11-14-7-4-3-5-8-14/h3-5,7-8,13,15H,6,9-12H2,1-2H3,(H,21,22,28). The molecule has 1 fully saturated rings. The van der Waals surface area contributed by atoms with Gasteiger partial charge in [0.15, 0.2) is 0 Å². The molecule has 0 aliphatic carbocycles. The van der Waals surface area contributed by atoms with E-state index in [-0.39, 0.29) is 36.6 Å². The van der Waals surface area contributed by atoms with Crippen molar-refractivity contribution in [1.82, 2.24) is 24.6 Å². The monoisotopic (exact) mass is 384 g/mol. The number of likely N-dealkylation sites (N-methyl/N-ethyl adjacent to an activating group) is 1. The lowest BCUT2D eigenvalue weighted by molar-refractivity contribution is -0.136. The molecule has 3 amide bonds. The number of benzene rings is 1. The number of hydrogen-bond acceptors (Lipinski definition) is 5. The molecule has 1 saturated heterocycles. The van der Waals surface area contributed by atoms with Gasteiger partial charge in [0.2, 0.25) is 23.7 Å². The van der Waals surface area contributed by atoms with Gasteiger partial charge in [0, 0.05) is 20.6 Å². The summed E-state index contributed by atoms with van der Waals surface area (Å²) in [7, 11) is 3.31. The number of nitrogens with one attached hydrogen (secondary N) is 1. The SMILES string of the molecule is CN(C)C(=O)Cn1cnc(NC(=O)C2CCCN2C(=O)Cc2ccccc2)n1. The van der Waals surface area contributed by atoms with Crippen molar-refractivity contribution in [3.8, 4) is 0 Å². The number of anilines is 1. The molecule has 0 bridgehead atoms. The first-order valence-electron chi connectivity index (χ1n) is 9.18. The summed E-state index contributed by atoms with van der Waals surface area (Å²) in [5.41, 5.74) is 0.921. The molecule has 2 aromatic rings. The summed E-state index contributed by atoms with van der Waals surface area (Å²) in [5.74, 6) is -0.385. The van der Waals surface area contributed by atoms with Crippen molar-refractivity contribution in [2.75, 3.05) is 26.0 Å². The smallest absolute Gasteiger partial charge is 0.249 e. The highest BCUT2D eigenvalue weighted by Crippen LogP contribution is 2.20. The van der Waals surface area contributed by atoms with Crippen LogP contribution < -0.4 is 5.32 Å². The third kappa shape index (κ3) is 4.73. The van der Waals surface area contributed by atoms with Gasteiger partial charge in [-0.2, -0.15) is 0 Å². The largest absolute Gasteiger partial charge is 0.347 e. The van der Waals surface area contributed by atoms with E-state index in [0.29, 0.717) is 13.0 Å². The molecule has 1 aromatic heterocycles. The predicted octanol–water partition coefficient (Wildman–Crippen LogP) is 0.539. The van der Waals surface area contributed by atoms with E-state index in [4.69, 9.17) is 0 Å². The lowest BCUT2D eigenvalue weighted by atomic mass is 10.1. The lowest BCUT2D eigenvalue weighted by Crippen LogP contribution is -2.44. The topological polar surface area (TPSA) is 100 Å². The number of nitrogens with zero attached hydrogens (tertiary/aromatic N) is 5. The summed E-state index contributed by atoms with van der Waals surface area (Å²) < 4.78 is 1.37. The van der Waals surface area contributed by atoms with Crippen LogP contribution in [0.15, 0.2) is 36.7 Å². The maximum absolute atomic E-state index is 12.7. The number of likely N-dealkylation sites (tertiary alicyclic amines) is 1. The van der Waals surface area contributed by atoms with Crippen LogP contribution in [-0.2, 0) is 27.3 Å². The van der Waals surface area contributed by atoms with Gasteiger partial charge in [-0.15, -0.1) is 5.10 Å². The zero-order valence-corrected chi connectivity index (χ0v) is 16.0. The van der Waals surface area contributed by atoms with Crippen LogP contribution in [0.1, 0.15) is 18.4 Å². The quantitative estimate of drug-likeness (QED) is 0.783. The van der Waals surface area contributed by atoms with E-state index >= 15 is 0 Å². The Kier molecular flexibility index (Phi) is 6.03. The van der Waals surface area contributed by atoms with E-state index in [1.807, 2.05) is 30.3 Å². The van der Waals surface area contributed by atoms with Gasteiger partial charge >= 0.3 is 0 Å². The molecule has 28 heavy (non-hydrogen) atoms. The van der Waals surface area contributed by atoms with Gasteiger partial charge in [-0.25, -0.2) is 9.67 Å². The molecule has 1 aliphatic heterocycles. The first-order valence-corrected chi connectivity index (χ1v) is 9.18. The second-order valence-electron chi connectivity index (χ2n) is 6.95. The predicted molar refractivity (Wildman–Crippen MR) is 102 cm³/mol. The van der Waals surface area contributed by atoms with Crippen molar-refractivity contribution >= 4 is 23.7 Å². The normalized spacial score (nSPS) is 16.1. The molecule has 1 N–H and O–H groups in total. The molecule has 1 atom stereocenters. The van der Waals surface area contributed by atoms with Crippen LogP contribution in [0.5, 0.6) is 0 Å². The van der Waals surface area contributed by atoms with Crippen molar-refractivity contribution in [2.45, 2.75) is 31.8 Å². The lowest BCUT2D eigenvalue weighted by Gasteiger charge is -2.23. The van der Waals surface area contributed by atoms with Crippen molar-refractivity contribution < 1.29 is 14.4 Å². The van der Waals surface area contributed by atoms with E-state index in [1.165, 1.54) is 15.9 Å². The highest BCUT2D eigenvalue weighted by atomic mass is 16.2. The number of amides is 3. The first-order chi connectivity index (χ1) is 13.4. The summed E-state index contributed by atoms with van der Waals surface area (Å²) in [5, 5.41) is 6.76. The highest BCUT2D eigenvalue weighted by Gasteiger charge is 2.34. The first kappa shape index (κ1) is 19.5. The number of carbonyl (C=O) groups is 3. The Hall–Kier alpha value is -3.23. The van der Waals surface area contributed by atoms with E-state index in [9.17, 15) is 14.4 Å². The van der Waals surface area contributed by atoms with Crippen molar-refractivity contribution in [1.29, 1.82) is 0 Å². The van der Waals surface area contributed by atoms with Crippen LogP contribution in [-0.4, -0.2) is 69.0 Å². The number of carbonyl (C=O) groups excluding carboxylic acids is 3. The molecule has 2 heterocycles. The van der Waals surface area contributed by atoms with Crippen molar-refractivity contribution in [3.63, 3.8) is 0 Å². The van der Waals surface area contributed by atoms with Gasteiger partial charge in [-0.3, -0.25) is 19.7 Å². The molecule has 1 aliphatic rings. The Morgan fingerprint density at radius 3 is 2.68 bits per heavy atom. The Labute approximate surface area is 163 Å². The van der Waals surface area contributed by atoms with Crippen LogP contribution in [0.4, 0.5) is 5.95 Å². The Morgan fingerprint density at radius 2 is 1.96 bits per heavy atom. The second kappa shape index (κ2) is 8.64. The Bertz CT molecular complexity index is 848. The number of hydrogen-bond donors (Lipinski definition) is 1. The molecule has 0 radical (unpaired) electrons. The molecule has 1 unspecified atom stereocenters. The Morgan fingerprint density at radius 1 is 1.21 bits per heavy atom. The van der Waals surface area contributed by atoms with Gasteiger partial charge in [0.1, 0.15) is 18.9 Å². The van der Waals surface area contributed by atoms with Crippen LogP contribution in [0.3, 0.4) is 0 Å². The van der Waals surface area contributed by atoms with Crippen LogP contribution in [0, 0.1) is 0 Å². The minimum atomic E-state index is -0.536. The van der Waals surface area contributed by atoms with Gasteiger partial charge in [0.25, 0.3) is 0 Å². The number of aromatic nitrogens is 3. The van der Waals surface area contributed by atoms with Crippen molar-refractivity contribution in [2.24, 2.45) is 0 Å². The van der Waals surface area contributed by atoms with Gasteiger partial charge < -0.3 is 9.80 Å². The van der Waals surface area contributed by atoms with Crippen LogP contribution in [0.25, 0.3) is 0 Å². The number of rotatable bonds is 6. The van der Waals surface area contributed by atoms with Crippen LogP contribution >= 0.6 is 0 Å². The molecule has 148 valence electrons. The van der Waals surface area contributed by atoms with Crippen LogP contribution in [0.2, 0.25) is 0 Å². The van der Waals surface area contributed by atoms with E-state index < -0.39 is 6.04 Å². The molecule has 0 saturated carbocycles. The molecular formula is C19H24N6O3. The minimum Gasteiger partial charge on any atom is -0.347 e. The summed E-state index contributed by atoms with van der Waals surface area (Å²) in [6.45, 7) is 0.601. The van der Waals surface area contributed by atoms with Gasteiger partial charge in [-0.1, -0.05) is 30.3 Å². The zero-order valence-electron chi connectivity index (χ0n) is 16.0. The highest BCUT2D eigenvalue weighted by molar-refractivity contribution is 5.96. The fraction of sp³-hybridized carbons (Fsp3) is 0.421. The van der Waals surface area contributed by atoms with Crippen molar-refractivity contribution in [3.05, 3.63) is 42.2 Å². The van der Waals surface area contributed by atoms with E-state index in [0.717, 1.165) is 12.0 Å². The third-order valence-electron chi connectivity index (χ3n) is 4.64. The fourth-order valence-electron chi connectivity index (χ4n) is 3.11. The zero-order chi connectivity index (χ0) is 20.1. The molecule has 9 nitrogen and oxygen atoms in total. The maximum Gasteiger partial charge on any atom is 0.249 e. The maximum atomic E-state index is 12.7. The summed E-state index contributed by atoms with van der Waals surface area (Å²) >= 11 is 0. The molecular weight excluding hydrogens is 360 g/mol. The summed E-state index contributed by atoms with van der Waals surface area (Å²) in [6.07, 6.45) is 3.04. The average Bonchev–Trinajstić information content (AvgIpc) is 3.32. The summed E-state index contributed by atoms with van der Waals surface area (Å²) in [6, 6.07) is 8.94. The average molecular weight is 384 g/mol. The van der Waals surface area contributed by atoms with E-state index in [1.54, 1.807) is 19.0 Å². The van der Waals surface area contributed by atoms with Gasteiger partial charge in [0.05, 0.1) is 6.42 Å². The molecule has 3 rings (SSSR count). The minimum absolute atomic E-state index is 0.0426. The van der Waals surface area contributed by atoms with Gasteiger partial charge in [-0.05, 0) is 18.4 Å². The molecule has 0 spiro atoms. The van der Waals surface area contributed by atoms with E-state index in [2.05, 4.69) is 15.4 Å². The second-order valence-corrected chi connectivity index (χ2v) is 6.95.